The maximum absolute atomic E-state index is 12.5. The molecule has 0 saturated heterocycles. The van der Waals surface area contributed by atoms with Gasteiger partial charge in [-0.25, -0.2) is 0 Å². The van der Waals surface area contributed by atoms with E-state index in [0.29, 0.717) is 18.0 Å². The van der Waals surface area contributed by atoms with Crippen LogP contribution < -0.4 is 5.32 Å². The third kappa shape index (κ3) is 3.64. The molecule has 134 valence electrons. The summed E-state index contributed by atoms with van der Waals surface area (Å²) in [7, 11) is 1.76. The molecule has 3 aromatic heterocycles. The average Bonchev–Trinajstić information content (AvgIpc) is 3.37. The fraction of sp³-hybridized carbons (Fsp3) is 0.0952. The Morgan fingerprint density at radius 1 is 1.07 bits per heavy atom. The molecular formula is C21H18N4O2. The minimum absolute atomic E-state index is 0.178. The summed E-state index contributed by atoms with van der Waals surface area (Å²) >= 11 is 0. The number of hydrogen-bond acceptors (Lipinski definition) is 4. The van der Waals surface area contributed by atoms with E-state index in [4.69, 9.17) is 4.42 Å². The van der Waals surface area contributed by atoms with E-state index in [1.807, 2.05) is 54.6 Å². The zero-order valence-electron chi connectivity index (χ0n) is 14.8. The third-order valence-electron chi connectivity index (χ3n) is 4.23. The maximum Gasteiger partial charge on any atom is 0.269 e. The predicted octanol–water partition coefficient (Wildman–Crippen LogP) is 3.67. The van der Waals surface area contributed by atoms with Crippen LogP contribution in [0.3, 0.4) is 0 Å². The Kier molecular flexibility index (Phi) is 4.53. The van der Waals surface area contributed by atoms with E-state index in [2.05, 4.69) is 15.4 Å². The number of pyridine rings is 1. The van der Waals surface area contributed by atoms with Gasteiger partial charge in [0.05, 0.1) is 12.0 Å². The van der Waals surface area contributed by atoms with E-state index < -0.39 is 0 Å². The van der Waals surface area contributed by atoms with Crippen LogP contribution in [-0.4, -0.2) is 20.7 Å². The molecule has 0 aliphatic carbocycles. The second kappa shape index (κ2) is 7.29. The first kappa shape index (κ1) is 16.8. The number of carbonyl (C=O) groups is 1. The second-order valence-electron chi connectivity index (χ2n) is 6.12. The minimum Gasteiger partial charge on any atom is -0.463 e. The summed E-state index contributed by atoms with van der Waals surface area (Å²) in [6.45, 7) is 0.385. The van der Waals surface area contributed by atoms with Crippen LogP contribution >= 0.6 is 0 Å². The van der Waals surface area contributed by atoms with Crippen molar-refractivity contribution in [2.24, 2.45) is 7.05 Å². The minimum atomic E-state index is -0.178. The molecule has 0 aliphatic rings. The molecular weight excluding hydrogens is 340 g/mol. The van der Waals surface area contributed by atoms with E-state index in [-0.39, 0.29) is 5.91 Å². The Labute approximate surface area is 156 Å². The molecule has 0 bridgehead atoms. The molecule has 0 atom stereocenters. The predicted molar refractivity (Wildman–Crippen MR) is 102 cm³/mol. The fourth-order valence-electron chi connectivity index (χ4n) is 2.80. The van der Waals surface area contributed by atoms with Crippen LogP contribution in [0.25, 0.3) is 22.7 Å². The van der Waals surface area contributed by atoms with Crippen molar-refractivity contribution in [3.8, 4) is 22.7 Å². The molecule has 3 heterocycles. The van der Waals surface area contributed by atoms with Gasteiger partial charge in [0.2, 0.25) is 0 Å². The molecule has 1 aromatic carbocycles. The van der Waals surface area contributed by atoms with Gasteiger partial charge >= 0.3 is 0 Å². The smallest absolute Gasteiger partial charge is 0.269 e. The van der Waals surface area contributed by atoms with Crippen molar-refractivity contribution in [1.29, 1.82) is 0 Å². The lowest BCUT2D eigenvalue weighted by molar-refractivity contribution is 0.0941. The topological polar surface area (TPSA) is 73.0 Å². The van der Waals surface area contributed by atoms with E-state index >= 15 is 0 Å². The van der Waals surface area contributed by atoms with Gasteiger partial charge in [-0.1, -0.05) is 36.4 Å². The van der Waals surface area contributed by atoms with Gasteiger partial charge in [0.15, 0.2) is 5.76 Å². The van der Waals surface area contributed by atoms with Crippen molar-refractivity contribution in [3.05, 3.63) is 84.4 Å². The van der Waals surface area contributed by atoms with Crippen LogP contribution in [0.15, 0.2) is 77.5 Å². The van der Waals surface area contributed by atoms with Gasteiger partial charge in [0.1, 0.15) is 11.4 Å². The molecule has 27 heavy (non-hydrogen) atoms. The zero-order chi connectivity index (χ0) is 18.6. The van der Waals surface area contributed by atoms with Crippen molar-refractivity contribution >= 4 is 5.91 Å². The monoisotopic (exact) mass is 358 g/mol. The van der Waals surface area contributed by atoms with Crippen LogP contribution in [0.5, 0.6) is 0 Å². The van der Waals surface area contributed by atoms with Crippen LogP contribution in [0.1, 0.15) is 16.1 Å². The summed E-state index contributed by atoms with van der Waals surface area (Å²) in [6, 6.07) is 19.0. The lowest BCUT2D eigenvalue weighted by atomic mass is 10.1. The van der Waals surface area contributed by atoms with E-state index in [0.717, 1.165) is 22.5 Å². The highest BCUT2D eigenvalue weighted by atomic mass is 16.3. The molecule has 0 spiro atoms. The lowest BCUT2D eigenvalue weighted by Gasteiger charge is -2.05. The summed E-state index contributed by atoms with van der Waals surface area (Å²) in [5.41, 5.74) is 3.92. The number of aryl methyl sites for hydroxylation is 1. The highest BCUT2D eigenvalue weighted by Crippen LogP contribution is 2.19. The molecule has 0 saturated carbocycles. The number of furan rings is 1. The number of benzene rings is 1. The first-order valence-corrected chi connectivity index (χ1v) is 8.57. The molecule has 6 heteroatoms. The van der Waals surface area contributed by atoms with Crippen molar-refractivity contribution in [1.82, 2.24) is 20.1 Å². The lowest BCUT2D eigenvalue weighted by Crippen LogP contribution is -2.25. The summed E-state index contributed by atoms with van der Waals surface area (Å²) in [5.74, 6) is 0.538. The summed E-state index contributed by atoms with van der Waals surface area (Å²) < 4.78 is 6.92. The number of aromatic nitrogens is 3. The van der Waals surface area contributed by atoms with Crippen LogP contribution in [0.4, 0.5) is 0 Å². The molecule has 1 N–H and O–H groups in total. The summed E-state index contributed by atoms with van der Waals surface area (Å²) in [5, 5.41) is 7.34. The highest BCUT2D eigenvalue weighted by Gasteiger charge is 2.14. The zero-order valence-corrected chi connectivity index (χ0v) is 14.8. The van der Waals surface area contributed by atoms with E-state index in [1.54, 1.807) is 30.3 Å². The Morgan fingerprint density at radius 2 is 1.93 bits per heavy atom. The van der Waals surface area contributed by atoms with Gasteiger partial charge in [-0.2, -0.15) is 5.10 Å². The second-order valence-corrected chi connectivity index (χ2v) is 6.12. The van der Waals surface area contributed by atoms with Crippen molar-refractivity contribution in [3.63, 3.8) is 0 Å². The number of rotatable bonds is 5. The van der Waals surface area contributed by atoms with Gasteiger partial charge in [-0.05, 0) is 29.8 Å². The number of nitrogens with one attached hydrogen (secondary N) is 1. The van der Waals surface area contributed by atoms with Gasteiger partial charge in [-0.15, -0.1) is 0 Å². The fourth-order valence-corrected chi connectivity index (χ4v) is 2.80. The molecule has 4 aromatic rings. The molecule has 0 fully saturated rings. The van der Waals surface area contributed by atoms with E-state index in [1.165, 1.54) is 0 Å². The Balaban J connectivity index is 1.43. The Morgan fingerprint density at radius 3 is 2.63 bits per heavy atom. The first-order chi connectivity index (χ1) is 13.2. The SMILES string of the molecule is Cn1nc(-c2ccccc2)cc1C(=O)NCc1ccc(-c2ccco2)nc1. The Bertz CT molecular complexity index is 1040. The quantitative estimate of drug-likeness (QED) is 0.591. The molecule has 0 unspecified atom stereocenters. The average molecular weight is 358 g/mol. The van der Waals surface area contributed by atoms with Crippen molar-refractivity contribution in [2.75, 3.05) is 0 Å². The standard InChI is InChI=1S/C21H18N4O2/c1-25-19(12-18(24-25)16-6-3-2-4-7-16)21(26)23-14-15-9-10-17(22-13-15)20-8-5-11-27-20/h2-13H,14H2,1H3,(H,23,26). The Hall–Kier alpha value is -3.67. The van der Waals surface area contributed by atoms with Crippen LogP contribution in [0, 0.1) is 0 Å². The highest BCUT2D eigenvalue weighted by molar-refractivity contribution is 5.93. The van der Waals surface area contributed by atoms with E-state index in [9.17, 15) is 4.79 Å². The number of nitrogens with zero attached hydrogens (tertiary/aromatic N) is 3. The van der Waals surface area contributed by atoms with Gasteiger partial charge in [-0.3, -0.25) is 14.5 Å². The largest absolute Gasteiger partial charge is 0.463 e. The van der Waals surface area contributed by atoms with Gasteiger partial charge in [0, 0.05) is 25.4 Å². The molecule has 0 radical (unpaired) electrons. The van der Waals surface area contributed by atoms with Crippen LogP contribution in [0.2, 0.25) is 0 Å². The number of amides is 1. The normalized spacial score (nSPS) is 10.7. The van der Waals surface area contributed by atoms with Crippen molar-refractivity contribution < 1.29 is 9.21 Å². The number of carbonyl (C=O) groups excluding carboxylic acids is 1. The maximum atomic E-state index is 12.5. The third-order valence-corrected chi connectivity index (χ3v) is 4.23. The van der Waals surface area contributed by atoms with Gasteiger partial charge in [0.25, 0.3) is 5.91 Å². The number of hydrogen-bond donors (Lipinski definition) is 1. The molecule has 0 aliphatic heterocycles. The van der Waals surface area contributed by atoms with Crippen molar-refractivity contribution in [2.45, 2.75) is 6.54 Å². The molecule has 4 rings (SSSR count). The molecule has 6 nitrogen and oxygen atoms in total. The van der Waals surface area contributed by atoms with Gasteiger partial charge < -0.3 is 9.73 Å². The summed E-state index contributed by atoms with van der Waals surface area (Å²) in [4.78, 5) is 16.9. The molecule has 1 amide bonds. The summed E-state index contributed by atoms with van der Waals surface area (Å²) in [6.07, 6.45) is 3.35. The first-order valence-electron chi connectivity index (χ1n) is 8.57. The van der Waals surface area contributed by atoms with Crippen LogP contribution in [-0.2, 0) is 13.6 Å².